The molecule has 0 saturated carbocycles. The molecule has 2 heterocycles. The molecule has 0 aromatic heterocycles. The smallest absolute Gasteiger partial charge is 0.414 e. The Balaban J connectivity index is 2.02. The molecule has 1 fully saturated rings. The normalized spacial score (nSPS) is 23.8. The van der Waals surface area contributed by atoms with Gasteiger partial charge in [0.25, 0.3) is 0 Å². The van der Waals surface area contributed by atoms with Gasteiger partial charge in [0, 0.05) is 0 Å². The highest BCUT2D eigenvalue weighted by Gasteiger charge is 2.47. The second-order valence-electron chi connectivity index (χ2n) is 5.42. The number of carbonyl (C=O) groups excluding carboxylic acids is 1. The quantitative estimate of drug-likeness (QED) is 0.839. The van der Waals surface area contributed by atoms with Gasteiger partial charge in [-0.05, 0) is 44.1 Å². The number of hydrogen-bond acceptors (Lipinski definition) is 4. The summed E-state index contributed by atoms with van der Waals surface area (Å²) in [5.74, 6) is 0. The van der Waals surface area contributed by atoms with Crippen LogP contribution < -0.4 is 5.06 Å². The fourth-order valence-electron chi connectivity index (χ4n) is 2.77. The van der Waals surface area contributed by atoms with E-state index in [0.717, 1.165) is 16.8 Å². The van der Waals surface area contributed by atoms with Crippen LogP contribution in [0.5, 0.6) is 0 Å². The Morgan fingerprint density at radius 2 is 1.86 bits per heavy atom. The first-order chi connectivity index (χ1) is 10.6. The van der Waals surface area contributed by atoms with Crippen molar-refractivity contribution in [2.45, 2.75) is 33.2 Å². The van der Waals surface area contributed by atoms with Crippen LogP contribution in [0.4, 0.5) is 10.5 Å². The first kappa shape index (κ1) is 14.7. The van der Waals surface area contributed by atoms with Gasteiger partial charge in [-0.3, -0.25) is 0 Å². The summed E-state index contributed by atoms with van der Waals surface area (Å²) in [4.78, 5) is 20.1. The Kier molecular flexibility index (Phi) is 3.90. The summed E-state index contributed by atoms with van der Waals surface area (Å²) in [6, 6.07) is 9.78. The Hall–Kier alpha value is -2.27. The maximum Gasteiger partial charge on any atom is 0.414 e. The minimum absolute atomic E-state index is 0.305. The number of allylic oxidation sites excluding steroid dienone is 2. The van der Waals surface area contributed by atoms with Gasteiger partial charge >= 0.3 is 6.09 Å². The summed E-state index contributed by atoms with van der Waals surface area (Å²) in [6.07, 6.45) is 2.91. The van der Waals surface area contributed by atoms with E-state index in [1.807, 2.05) is 56.3 Å². The van der Waals surface area contributed by atoms with Crippen LogP contribution in [0.3, 0.4) is 0 Å². The number of benzene rings is 1. The standard InChI is InChI=1S/C17H20N2O3/c1-4-21-17(20)18-15-12(2)10-11-13(3)16(18)22-19(15)14-8-6-5-7-9-14/h5-11,15-16H,4H2,1-3H3/t15-,16+/m0/s1. The zero-order valence-corrected chi connectivity index (χ0v) is 13.0. The molecule has 2 aliphatic rings. The van der Waals surface area contributed by atoms with Gasteiger partial charge in [0.1, 0.15) is 0 Å². The lowest BCUT2D eigenvalue weighted by Crippen LogP contribution is -2.45. The number of nitrogens with zero attached hydrogens (tertiary/aromatic N) is 2. The van der Waals surface area contributed by atoms with Crippen LogP contribution in [-0.2, 0) is 9.57 Å². The molecule has 1 aromatic carbocycles. The predicted octanol–water partition coefficient (Wildman–Crippen LogP) is 3.46. The van der Waals surface area contributed by atoms with E-state index in [4.69, 9.17) is 9.57 Å². The van der Waals surface area contributed by atoms with E-state index in [2.05, 4.69) is 0 Å². The van der Waals surface area contributed by atoms with Gasteiger partial charge in [0.2, 0.25) is 0 Å². The molecule has 0 N–H and O–H groups in total. The molecule has 2 atom stereocenters. The molecule has 0 radical (unpaired) electrons. The lowest BCUT2D eigenvalue weighted by atomic mass is 10.2. The minimum atomic E-state index is -0.446. The Morgan fingerprint density at radius 3 is 2.55 bits per heavy atom. The fourth-order valence-corrected chi connectivity index (χ4v) is 2.77. The summed E-state index contributed by atoms with van der Waals surface area (Å²) in [5.41, 5.74) is 2.90. The lowest BCUT2D eigenvalue weighted by Gasteiger charge is -2.28. The molecular weight excluding hydrogens is 280 g/mol. The molecule has 0 aliphatic carbocycles. The zero-order chi connectivity index (χ0) is 15.7. The monoisotopic (exact) mass is 300 g/mol. The highest BCUT2D eigenvalue weighted by Crippen LogP contribution is 2.37. The largest absolute Gasteiger partial charge is 0.450 e. The van der Waals surface area contributed by atoms with Crippen LogP contribution in [-0.4, -0.2) is 30.0 Å². The van der Waals surface area contributed by atoms with Gasteiger partial charge in [-0.2, -0.15) is 0 Å². The van der Waals surface area contributed by atoms with Crippen LogP contribution >= 0.6 is 0 Å². The first-order valence-corrected chi connectivity index (χ1v) is 7.44. The van der Waals surface area contributed by atoms with Crippen molar-refractivity contribution in [1.29, 1.82) is 0 Å². The highest BCUT2D eigenvalue weighted by atomic mass is 16.7. The van der Waals surface area contributed by atoms with Crippen LogP contribution in [0.1, 0.15) is 20.8 Å². The number of fused-ring (bicyclic) bond motifs is 2. The lowest BCUT2D eigenvalue weighted by molar-refractivity contribution is 0.0386. The summed E-state index contributed by atoms with van der Waals surface area (Å²) in [5, 5.41) is 1.78. The van der Waals surface area contributed by atoms with Gasteiger partial charge in [-0.25, -0.2) is 19.6 Å². The van der Waals surface area contributed by atoms with E-state index in [0.29, 0.717) is 6.61 Å². The second kappa shape index (κ2) is 5.85. The molecule has 1 saturated heterocycles. The second-order valence-corrected chi connectivity index (χ2v) is 5.42. The Labute approximate surface area is 130 Å². The maximum absolute atomic E-state index is 12.4. The summed E-state index contributed by atoms with van der Waals surface area (Å²) < 4.78 is 5.22. The number of anilines is 1. The number of para-hydroxylation sites is 1. The van der Waals surface area contributed by atoms with Crippen molar-refractivity contribution in [3.05, 3.63) is 53.6 Å². The van der Waals surface area contributed by atoms with Crippen molar-refractivity contribution in [1.82, 2.24) is 4.90 Å². The molecule has 2 bridgehead atoms. The molecular formula is C17H20N2O3. The molecule has 116 valence electrons. The number of amides is 1. The van der Waals surface area contributed by atoms with E-state index in [-0.39, 0.29) is 12.3 Å². The van der Waals surface area contributed by atoms with Crippen LogP contribution in [0.25, 0.3) is 0 Å². The van der Waals surface area contributed by atoms with E-state index in [9.17, 15) is 4.79 Å². The topological polar surface area (TPSA) is 42.0 Å². The third kappa shape index (κ3) is 2.37. The predicted molar refractivity (Wildman–Crippen MR) is 84.0 cm³/mol. The first-order valence-electron chi connectivity index (χ1n) is 7.44. The summed E-state index contributed by atoms with van der Waals surface area (Å²) in [7, 11) is 0. The van der Waals surface area contributed by atoms with Gasteiger partial charge in [0.15, 0.2) is 12.4 Å². The third-order valence-electron chi connectivity index (χ3n) is 3.85. The molecule has 0 unspecified atom stereocenters. The zero-order valence-electron chi connectivity index (χ0n) is 13.0. The molecule has 22 heavy (non-hydrogen) atoms. The third-order valence-corrected chi connectivity index (χ3v) is 3.85. The average molecular weight is 300 g/mol. The van der Waals surface area contributed by atoms with Gasteiger partial charge in [-0.15, -0.1) is 0 Å². The van der Waals surface area contributed by atoms with Gasteiger partial charge in [-0.1, -0.05) is 30.4 Å². The van der Waals surface area contributed by atoms with E-state index < -0.39 is 6.23 Å². The Bertz CT molecular complexity index is 624. The number of carbonyl (C=O) groups is 1. The number of ether oxygens (including phenoxy) is 1. The molecule has 2 aliphatic heterocycles. The molecule has 3 rings (SSSR count). The molecule has 5 nitrogen and oxygen atoms in total. The molecule has 1 amide bonds. The molecule has 1 aromatic rings. The average Bonchev–Trinajstić information content (AvgIpc) is 2.88. The maximum atomic E-state index is 12.4. The number of rotatable bonds is 2. The van der Waals surface area contributed by atoms with Gasteiger partial charge < -0.3 is 4.74 Å². The Morgan fingerprint density at radius 1 is 1.18 bits per heavy atom. The minimum Gasteiger partial charge on any atom is -0.450 e. The van der Waals surface area contributed by atoms with E-state index >= 15 is 0 Å². The van der Waals surface area contributed by atoms with Crippen molar-refractivity contribution >= 4 is 11.8 Å². The molecule has 5 heteroatoms. The van der Waals surface area contributed by atoms with E-state index in [1.165, 1.54) is 0 Å². The van der Waals surface area contributed by atoms with E-state index in [1.54, 1.807) is 16.9 Å². The van der Waals surface area contributed by atoms with Gasteiger partial charge in [0.05, 0.1) is 12.3 Å². The number of hydrogen-bond donors (Lipinski definition) is 0. The van der Waals surface area contributed by atoms with Crippen LogP contribution in [0.2, 0.25) is 0 Å². The van der Waals surface area contributed by atoms with Crippen LogP contribution in [0.15, 0.2) is 53.6 Å². The van der Waals surface area contributed by atoms with Crippen LogP contribution in [0, 0.1) is 0 Å². The summed E-state index contributed by atoms with van der Waals surface area (Å²) >= 11 is 0. The fraction of sp³-hybridized carbons (Fsp3) is 0.353. The SMILES string of the molecule is CCOC(=O)N1[C@@H]2ON(c3ccccc3)[C@H]1C(C)=CC=C2C. The van der Waals surface area contributed by atoms with Crippen molar-refractivity contribution < 1.29 is 14.4 Å². The van der Waals surface area contributed by atoms with Crippen molar-refractivity contribution in [2.24, 2.45) is 0 Å². The molecule has 0 spiro atoms. The van der Waals surface area contributed by atoms with Crippen molar-refractivity contribution in [3.63, 3.8) is 0 Å². The van der Waals surface area contributed by atoms with Crippen molar-refractivity contribution in [3.8, 4) is 0 Å². The van der Waals surface area contributed by atoms with Crippen molar-refractivity contribution in [2.75, 3.05) is 11.7 Å². The number of hydroxylamine groups is 1. The highest BCUT2D eigenvalue weighted by molar-refractivity contribution is 5.71. The summed E-state index contributed by atoms with van der Waals surface area (Å²) in [6.45, 7) is 6.09.